The Balaban J connectivity index is 1.61. The summed E-state index contributed by atoms with van der Waals surface area (Å²) in [5, 5.41) is 16.4. The Labute approximate surface area is 177 Å². The van der Waals surface area contributed by atoms with Gasteiger partial charge in [0.05, 0.1) is 12.8 Å². The number of nitrogens with zero attached hydrogens (tertiary/aromatic N) is 2. The number of aromatic nitrogens is 1. The summed E-state index contributed by atoms with van der Waals surface area (Å²) in [7, 11) is 1.61. The molecule has 146 valence electrons. The van der Waals surface area contributed by atoms with E-state index in [9.17, 15) is 10.1 Å². The van der Waals surface area contributed by atoms with Gasteiger partial charge < -0.3 is 4.74 Å². The summed E-state index contributed by atoms with van der Waals surface area (Å²) in [6.45, 7) is 0. The van der Waals surface area contributed by atoms with Crippen LogP contribution in [0, 0.1) is 11.3 Å². The number of amides is 1. The molecule has 4 rings (SSSR count). The van der Waals surface area contributed by atoms with Crippen LogP contribution in [0.15, 0.2) is 77.7 Å². The molecule has 0 fully saturated rings. The van der Waals surface area contributed by atoms with E-state index >= 15 is 0 Å². The van der Waals surface area contributed by atoms with Crippen molar-refractivity contribution in [1.29, 1.82) is 5.26 Å². The number of nitriles is 1. The second-order valence-electron chi connectivity index (χ2n) is 6.43. The summed E-state index contributed by atoms with van der Waals surface area (Å²) in [4.78, 5) is 17.1. The highest BCUT2D eigenvalue weighted by Gasteiger charge is 2.14. The van der Waals surface area contributed by atoms with Crippen molar-refractivity contribution in [3.8, 4) is 23.1 Å². The normalized spacial score (nSPS) is 11.1. The van der Waals surface area contributed by atoms with Crippen LogP contribution in [0.1, 0.15) is 5.56 Å². The molecule has 0 aliphatic heterocycles. The van der Waals surface area contributed by atoms with Crippen LogP contribution in [0.5, 0.6) is 5.75 Å². The SMILES string of the molecule is COc1ccc(C=C(C#N)C(=O)Nc2nc(-c3ccccc3)cs2)c2ccccc12. The van der Waals surface area contributed by atoms with Crippen molar-refractivity contribution in [3.05, 3.63) is 83.2 Å². The number of carbonyl (C=O) groups is 1. The maximum absolute atomic E-state index is 12.7. The van der Waals surface area contributed by atoms with E-state index < -0.39 is 5.91 Å². The number of methoxy groups -OCH3 is 1. The molecule has 0 radical (unpaired) electrons. The summed E-state index contributed by atoms with van der Waals surface area (Å²) >= 11 is 1.32. The van der Waals surface area contributed by atoms with Gasteiger partial charge in [0.25, 0.3) is 5.91 Å². The van der Waals surface area contributed by atoms with Gasteiger partial charge in [0.2, 0.25) is 0 Å². The molecule has 0 atom stereocenters. The molecule has 0 saturated carbocycles. The molecule has 0 spiro atoms. The fraction of sp³-hybridized carbons (Fsp3) is 0.0417. The number of ether oxygens (including phenoxy) is 1. The molecule has 0 saturated heterocycles. The number of benzene rings is 3. The first-order valence-corrected chi connectivity index (χ1v) is 10.1. The van der Waals surface area contributed by atoms with E-state index in [1.165, 1.54) is 11.3 Å². The molecule has 1 aromatic heterocycles. The molecular weight excluding hydrogens is 394 g/mol. The van der Waals surface area contributed by atoms with Crippen LogP contribution in [-0.2, 0) is 4.79 Å². The molecular formula is C24H17N3O2S. The van der Waals surface area contributed by atoms with Gasteiger partial charge in [-0.05, 0) is 23.1 Å². The minimum absolute atomic E-state index is 0.00165. The fourth-order valence-electron chi connectivity index (χ4n) is 3.14. The Morgan fingerprint density at radius 3 is 2.53 bits per heavy atom. The first-order valence-electron chi connectivity index (χ1n) is 9.19. The number of carbonyl (C=O) groups excluding carboxylic acids is 1. The van der Waals surface area contributed by atoms with E-state index in [4.69, 9.17) is 4.74 Å². The van der Waals surface area contributed by atoms with Crippen molar-refractivity contribution in [2.75, 3.05) is 12.4 Å². The Kier molecular flexibility index (Phi) is 5.55. The molecule has 6 heteroatoms. The molecule has 0 aliphatic carbocycles. The van der Waals surface area contributed by atoms with Crippen LogP contribution < -0.4 is 10.1 Å². The van der Waals surface area contributed by atoms with Crippen molar-refractivity contribution in [1.82, 2.24) is 4.98 Å². The molecule has 5 nitrogen and oxygen atoms in total. The molecule has 0 bridgehead atoms. The molecule has 0 unspecified atom stereocenters. The lowest BCUT2D eigenvalue weighted by Crippen LogP contribution is -2.13. The predicted octanol–water partition coefficient (Wildman–Crippen LogP) is 5.52. The number of anilines is 1. The van der Waals surface area contributed by atoms with Crippen molar-refractivity contribution in [3.63, 3.8) is 0 Å². The Bertz CT molecular complexity index is 1290. The average molecular weight is 411 g/mol. The van der Waals surface area contributed by atoms with Gasteiger partial charge in [-0.3, -0.25) is 10.1 Å². The van der Waals surface area contributed by atoms with Crippen LogP contribution in [0.4, 0.5) is 5.13 Å². The van der Waals surface area contributed by atoms with E-state index in [-0.39, 0.29) is 5.57 Å². The standard InChI is InChI=1S/C24H17N3O2S/c1-29-22-12-11-17(19-9-5-6-10-20(19)22)13-18(14-25)23(28)27-24-26-21(15-30-24)16-7-3-2-4-8-16/h2-13,15H,1H3,(H,26,27,28). The Morgan fingerprint density at radius 2 is 1.80 bits per heavy atom. The second kappa shape index (κ2) is 8.60. The van der Waals surface area contributed by atoms with Crippen LogP contribution >= 0.6 is 11.3 Å². The molecule has 4 aromatic rings. The van der Waals surface area contributed by atoms with Gasteiger partial charge in [0.1, 0.15) is 17.4 Å². The van der Waals surface area contributed by atoms with Gasteiger partial charge in [-0.25, -0.2) is 4.98 Å². The second-order valence-corrected chi connectivity index (χ2v) is 7.29. The van der Waals surface area contributed by atoms with Crippen LogP contribution in [0.3, 0.4) is 0 Å². The maximum atomic E-state index is 12.7. The van der Waals surface area contributed by atoms with Crippen LogP contribution in [-0.4, -0.2) is 18.0 Å². The number of hydrogen-bond acceptors (Lipinski definition) is 5. The summed E-state index contributed by atoms with van der Waals surface area (Å²) in [5.74, 6) is 0.244. The van der Waals surface area contributed by atoms with Gasteiger partial charge in [-0.2, -0.15) is 5.26 Å². The van der Waals surface area contributed by atoms with E-state index in [0.717, 1.165) is 33.3 Å². The smallest absolute Gasteiger partial charge is 0.268 e. The van der Waals surface area contributed by atoms with Crippen molar-refractivity contribution in [2.24, 2.45) is 0 Å². The minimum Gasteiger partial charge on any atom is -0.496 e. The van der Waals surface area contributed by atoms with Gasteiger partial charge in [0.15, 0.2) is 5.13 Å². The number of nitrogens with one attached hydrogen (secondary N) is 1. The highest BCUT2D eigenvalue weighted by molar-refractivity contribution is 7.14. The fourth-order valence-corrected chi connectivity index (χ4v) is 3.85. The third kappa shape index (κ3) is 3.93. The maximum Gasteiger partial charge on any atom is 0.268 e. The number of hydrogen-bond donors (Lipinski definition) is 1. The summed E-state index contributed by atoms with van der Waals surface area (Å²) in [6, 6.07) is 23.1. The van der Waals surface area contributed by atoms with E-state index in [0.29, 0.717) is 5.13 Å². The van der Waals surface area contributed by atoms with Crippen molar-refractivity contribution in [2.45, 2.75) is 0 Å². The van der Waals surface area contributed by atoms with E-state index in [2.05, 4.69) is 10.3 Å². The summed E-state index contributed by atoms with van der Waals surface area (Å²) in [6.07, 6.45) is 1.59. The lowest BCUT2D eigenvalue weighted by Gasteiger charge is -2.08. The first kappa shape index (κ1) is 19.4. The molecule has 1 N–H and O–H groups in total. The van der Waals surface area contributed by atoms with Crippen LogP contribution in [0.2, 0.25) is 0 Å². The van der Waals surface area contributed by atoms with Gasteiger partial charge >= 0.3 is 0 Å². The zero-order valence-corrected chi connectivity index (χ0v) is 16.9. The largest absolute Gasteiger partial charge is 0.496 e. The monoisotopic (exact) mass is 411 g/mol. The lowest BCUT2D eigenvalue weighted by molar-refractivity contribution is -0.112. The van der Waals surface area contributed by atoms with Crippen LogP contribution in [0.25, 0.3) is 28.1 Å². The zero-order valence-electron chi connectivity index (χ0n) is 16.1. The predicted molar refractivity (Wildman–Crippen MR) is 120 cm³/mol. The zero-order chi connectivity index (χ0) is 20.9. The van der Waals surface area contributed by atoms with Gasteiger partial charge in [-0.1, -0.05) is 60.7 Å². The molecule has 1 heterocycles. The highest BCUT2D eigenvalue weighted by atomic mass is 32.1. The van der Waals surface area contributed by atoms with Crippen molar-refractivity contribution >= 4 is 39.2 Å². The minimum atomic E-state index is -0.494. The van der Waals surface area contributed by atoms with E-state index in [1.807, 2.05) is 78.2 Å². The number of rotatable bonds is 5. The first-order chi connectivity index (χ1) is 14.7. The quantitative estimate of drug-likeness (QED) is 0.347. The third-order valence-electron chi connectivity index (χ3n) is 4.60. The third-order valence-corrected chi connectivity index (χ3v) is 5.35. The van der Waals surface area contributed by atoms with Crippen molar-refractivity contribution < 1.29 is 9.53 Å². The highest BCUT2D eigenvalue weighted by Crippen LogP contribution is 2.30. The van der Waals surface area contributed by atoms with E-state index in [1.54, 1.807) is 13.2 Å². The lowest BCUT2D eigenvalue weighted by atomic mass is 10.0. The summed E-state index contributed by atoms with van der Waals surface area (Å²) in [5.41, 5.74) is 2.51. The molecule has 30 heavy (non-hydrogen) atoms. The Hall–Kier alpha value is -3.95. The number of thiazole rings is 1. The average Bonchev–Trinajstić information content (AvgIpc) is 3.26. The Morgan fingerprint density at radius 1 is 1.07 bits per heavy atom. The molecule has 1 amide bonds. The molecule has 0 aliphatic rings. The topological polar surface area (TPSA) is 75.0 Å². The molecule has 3 aromatic carbocycles. The summed E-state index contributed by atoms with van der Waals surface area (Å²) < 4.78 is 5.41. The number of fused-ring (bicyclic) bond motifs is 1. The van der Waals surface area contributed by atoms with Gasteiger partial charge in [-0.15, -0.1) is 11.3 Å². The van der Waals surface area contributed by atoms with Gasteiger partial charge in [0, 0.05) is 16.3 Å².